The summed E-state index contributed by atoms with van der Waals surface area (Å²) in [7, 11) is 0. The molecular weight excluding hydrogens is 152 g/mol. The van der Waals surface area contributed by atoms with Gasteiger partial charge in [0.15, 0.2) is 0 Å². The summed E-state index contributed by atoms with van der Waals surface area (Å²) in [5.41, 5.74) is 0.421. The van der Waals surface area contributed by atoms with Gasteiger partial charge < -0.3 is 0 Å². The van der Waals surface area contributed by atoms with Gasteiger partial charge in [-0.05, 0) is 38.0 Å². The lowest BCUT2D eigenvalue weighted by atomic mass is 9.76. The second-order valence-electron chi connectivity index (χ2n) is 4.33. The van der Waals surface area contributed by atoms with Crippen LogP contribution in [0.3, 0.4) is 0 Å². The Morgan fingerprint density at radius 3 is 2.58 bits per heavy atom. The average molecular weight is 166 g/mol. The minimum atomic E-state index is -0.249. The first-order valence-corrected chi connectivity index (χ1v) is 4.66. The molecule has 2 heteroatoms. The van der Waals surface area contributed by atoms with Gasteiger partial charge >= 0.3 is 0 Å². The van der Waals surface area contributed by atoms with E-state index in [1.807, 2.05) is 0 Å². The predicted octanol–water partition coefficient (Wildman–Crippen LogP) is 1.72. The highest BCUT2D eigenvalue weighted by Gasteiger charge is 2.49. The molecule has 2 rings (SSSR count). The summed E-state index contributed by atoms with van der Waals surface area (Å²) >= 11 is 0. The van der Waals surface area contributed by atoms with Gasteiger partial charge in [0.25, 0.3) is 0 Å². The Morgan fingerprint density at radius 2 is 2.08 bits per heavy atom. The normalized spacial score (nSPS) is 32.1. The lowest BCUT2D eigenvalue weighted by molar-refractivity contribution is -0.134. The highest BCUT2D eigenvalue weighted by molar-refractivity contribution is 6.01. The number of hydrogen-bond acceptors (Lipinski definition) is 2. The van der Waals surface area contributed by atoms with E-state index in [9.17, 15) is 9.59 Å². The third-order valence-corrected chi connectivity index (χ3v) is 3.38. The molecule has 0 radical (unpaired) electrons. The zero-order valence-corrected chi connectivity index (χ0v) is 7.43. The monoisotopic (exact) mass is 166 g/mol. The molecule has 2 aliphatic rings. The fraction of sp³-hybridized carbons (Fsp3) is 0.800. The van der Waals surface area contributed by atoms with Crippen LogP contribution in [0.1, 0.15) is 39.0 Å². The number of Topliss-reactive ketones (excluding diaryl/α,β-unsaturated/α-hetero) is 2. The molecule has 66 valence electrons. The third-order valence-electron chi connectivity index (χ3n) is 3.38. The van der Waals surface area contributed by atoms with E-state index in [0.717, 1.165) is 12.8 Å². The van der Waals surface area contributed by atoms with Gasteiger partial charge in [-0.2, -0.15) is 0 Å². The average Bonchev–Trinajstić information content (AvgIpc) is 2.76. The Hall–Kier alpha value is -0.660. The molecule has 0 bridgehead atoms. The van der Waals surface area contributed by atoms with E-state index in [-0.39, 0.29) is 17.5 Å². The maximum Gasteiger partial charge on any atom is 0.143 e. The minimum Gasteiger partial charge on any atom is -0.299 e. The van der Waals surface area contributed by atoms with Crippen molar-refractivity contribution in [3.05, 3.63) is 0 Å². The second kappa shape index (κ2) is 2.41. The molecule has 2 nitrogen and oxygen atoms in total. The largest absolute Gasteiger partial charge is 0.299 e. The molecule has 0 aromatic heterocycles. The van der Waals surface area contributed by atoms with E-state index in [1.54, 1.807) is 6.92 Å². The Morgan fingerprint density at radius 1 is 1.42 bits per heavy atom. The van der Waals surface area contributed by atoms with Gasteiger partial charge in [0.1, 0.15) is 11.6 Å². The summed E-state index contributed by atoms with van der Waals surface area (Å²) in [6, 6.07) is 0. The summed E-state index contributed by atoms with van der Waals surface area (Å²) in [6.45, 7) is 1.55. The number of carbonyl (C=O) groups excluding carboxylic acids is 2. The number of ketones is 2. The highest BCUT2D eigenvalue weighted by atomic mass is 16.1. The zero-order chi connectivity index (χ0) is 8.77. The number of hydrogen-bond donors (Lipinski definition) is 0. The van der Waals surface area contributed by atoms with Crippen LogP contribution in [0.2, 0.25) is 0 Å². The Kier molecular flexibility index (Phi) is 1.60. The SMILES string of the molecule is CC(=O)C1CC2(CCC1=O)CC2. The smallest absolute Gasteiger partial charge is 0.143 e. The molecule has 1 spiro atoms. The fourth-order valence-electron chi connectivity index (χ4n) is 2.21. The summed E-state index contributed by atoms with van der Waals surface area (Å²) in [5, 5.41) is 0. The van der Waals surface area contributed by atoms with Crippen molar-refractivity contribution in [3.8, 4) is 0 Å². The fourth-order valence-corrected chi connectivity index (χ4v) is 2.21. The van der Waals surface area contributed by atoms with Crippen molar-refractivity contribution in [1.29, 1.82) is 0 Å². The van der Waals surface area contributed by atoms with Gasteiger partial charge in [-0.1, -0.05) is 0 Å². The Bertz CT molecular complexity index is 238. The van der Waals surface area contributed by atoms with Crippen LogP contribution in [0.25, 0.3) is 0 Å². The Labute approximate surface area is 72.3 Å². The molecule has 2 saturated carbocycles. The van der Waals surface area contributed by atoms with Gasteiger partial charge in [0.2, 0.25) is 0 Å². The van der Waals surface area contributed by atoms with E-state index in [0.29, 0.717) is 11.8 Å². The number of rotatable bonds is 1. The van der Waals surface area contributed by atoms with Crippen LogP contribution in [-0.2, 0) is 9.59 Å². The highest BCUT2D eigenvalue weighted by Crippen LogP contribution is 2.56. The lowest BCUT2D eigenvalue weighted by Gasteiger charge is -2.25. The van der Waals surface area contributed by atoms with Crippen LogP contribution in [-0.4, -0.2) is 11.6 Å². The summed E-state index contributed by atoms with van der Waals surface area (Å²) in [5.74, 6) is 0.00671. The molecular formula is C10H14O2. The van der Waals surface area contributed by atoms with Gasteiger partial charge in [-0.15, -0.1) is 0 Å². The van der Waals surface area contributed by atoms with Gasteiger partial charge in [-0.3, -0.25) is 9.59 Å². The van der Waals surface area contributed by atoms with Crippen molar-refractivity contribution >= 4 is 11.6 Å². The van der Waals surface area contributed by atoms with E-state index in [4.69, 9.17) is 0 Å². The first kappa shape index (κ1) is 7.96. The van der Waals surface area contributed by atoms with E-state index in [1.165, 1.54) is 12.8 Å². The van der Waals surface area contributed by atoms with E-state index in [2.05, 4.69) is 0 Å². The summed E-state index contributed by atoms with van der Waals surface area (Å²) in [4.78, 5) is 22.4. The molecule has 0 amide bonds. The molecule has 2 aliphatic carbocycles. The van der Waals surface area contributed by atoms with Crippen LogP contribution in [0.5, 0.6) is 0 Å². The number of carbonyl (C=O) groups is 2. The summed E-state index contributed by atoms with van der Waals surface area (Å²) in [6.07, 6.45) is 5.01. The van der Waals surface area contributed by atoms with Crippen molar-refractivity contribution < 1.29 is 9.59 Å². The molecule has 0 aromatic rings. The van der Waals surface area contributed by atoms with E-state index >= 15 is 0 Å². The molecule has 0 heterocycles. The maximum absolute atomic E-state index is 11.3. The van der Waals surface area contributed by atoms with Crippen LogP contribution >= 0.6 is 0 Å². The van der Waals surface area contributed by atoms with Crippen LogP contribution < -0.4 is 0 Å². The van der Waals surface area contributed by atoms with E-state index < -0.39 is 0 Å². The molecule has 2 fully saturated rings. The van der Waals surface area contributed by atoms with Gasteiger partial charge in [0.05, 0.1) is 5.92 Å². The minimum absolute atomic E-state index is 0.0750. The van der Waals surface area contributed by atoms with Crippen molar-refractivity contribution in [2.45, 2.75) is 39.0 Å². The van der Waals surface area contributed by atoms with Crippen LogP contribution in [0.15, 0.2) is 0 Å². The second-order valence-corrected chi connectivity index (χ2v) is 4.33. The third kappa shape index (κ3) is 1.19. The molecule has 1 unspecified atom stereocenters. The standard InChI is InChI=1S/C10H14O2/c1-7(11)8-6-10(4-5-10)3-2-9(8)12/h8H,2-6H2,1H3. The van der Waals surface area contributed by atoms with Gasteiger partial charge in [0, 0.05) is 6.42 Å². The van der Waals surface area contributed by atoms with Crippen molar-refractivity contribution in [2.75, 3.05) is 0 Å². The molecule has 0 aromatic carbocycles. The Balaban J connectivity index is 2.10. The summed E-state index contributed by atoms with van der Waals surface area (Å²) < 4.78 is 0. The van der Waals surface area contributed by atoms with Crippen molar-refractivity contribution in [2.24, 2.45) is 11.3 Å². The van der Waals surface area contributed by atoms with Gasteiger partial charge in [-0.25, -0.2) is 0 Å². The zero-order valence-electron chi connectivity index (χ0n) is 7.43. The molecule has 1 atom stereocenters. The van der Waals surface area contributed by atoms with Crippen LogP contribution in [0, 0.1) is 11.3 Å². The first-order chi connectivity index (χ1) is 5.63. The molecule has 0 N–H and O–H groups in total. The molecule has 0 aliphatic heterocycles. The predicted molar refractivity (Wildman–Crippen MR) is 44.7 cm³/mol. The van der Waals surface area contributed by atoms with Crippen molar-refractivity contribution in [1.82, 2.24) is 0 Å². The molecule has 0 saturated heterocycles. The lowest BCUT2D eigenvalue weighted by Crippen LogP contribution is -2.30. The van der Waals surface area contributed by atoms with Crippen molar-refractivity contribution in [3.63, 3.8) is 0 Å². The topological polar surface area (TPSA) is 34.1 Å². The molecule has 12 heavy (non-hydrogen) atoms. The quantitative estimate of drug-likeness (QED) is 0.556. The van der Waals surface area contributed by atoms with Crippen LogP contribution in [0.4, 0.5) is 0 Å². The maximum atomic E-state index is 11.3. The first-order valence-electron chi connectivity index (χ1n) is 4.66.